The van der Waals surface area contributed by atoms with E-state index >= 15 is 0 Å². The fourth-order valence-electron chi connectivity index (χ4n) is 7.21. The highest BCUT2D eigenvalue weighted by molar-refractivity contribution is 5.76. The molecule has 0 aromatic rings. The molecule has 9 heteroatoms. The van der Waals surface area contributed by atoms with Gasteiger partial charge in [0.25, 0.3) is 0 Å². The number of carbonyl (C=O) groups is 1. The van der Waals surface area contributed by atoms with Gasteiger partial charge in [0, 0.05) is 6.42 Å². The first-order chi connectivity index (χ1) is 25.8. The minimum atomic E-state index is -1.56. The molecule has 9 nitrogen and oxygen atoms in total. The Balaban J connectivity index is 2.37. The van der Waals surface area contributed by atoms with Crippen LogP contribution in [0.5, 0.6) is 0 Å². The number of nitrogens with one attached hydrogen (secondary N) is 1. The van der Waals surface area contributed by atoms with E-state index in [4.69, 9.17) is 9.47 Å². The van der Waals surface area contributed by atoms with Crippen molar-refractivity contribution in [3.8, 4) is 0 Å². The van der Waals surface area contributed by atoms with Gasteiger partial charge in [-0.3, -0.25) is 4.79 Å². The number of unbranched alkanes of at least 4 members (excludes halogenated alkanes) is 27. The van der Waals surface area contributed by atoms with Crippen molar-refractivity contribution < 1.29 is 39.8 Å². The number of rotatable bonds is 37. The minimum Gasteiger partial charge on any atom is -0.394 e. The van der Waals surface area contributed by atoms with Gasteiger partial charge >= 0.3 is 0 Å². The van der Waals surface area contributed by atoms with Crippen LogP contribution in [0.2, 0.25) is 0 Å². The molecule has 314 valence electrons. The van der Waals surface area contributed by atoms with E-state index in [1.54, 1.807) is 6.08 Å². The third-order valence-electron chi connectivity index (χ3n) is 10.9. The molecule has 6 N–H and O–H groups in total. The number of hydrogen-bond donors (Lipinski definition) is 6. The predicted octanol–water partition coefficient (Wildman–Crippen LogP) is 8.95. The molecule has 1 aliphatic rings. The lowest BCUT2D eigenvalue weighted by Crippen LogP contribution is -2.60. The first kappa shape index (κ1) is 49.9. The van der Waals surface area contributed by atoms with Crippen molar-refractivity contribution in [3.63, 3.8) is 0 Å². The van der Waals surface area contributed by atoms with Crippen LogP contribution in [0.3, 0.4) is 0 Å². The molecule has 1 amide bonds. The molecule has 0 spiro atoms. The molecule has 0 aromatic heterocycles. The van der Waals surface area contributed by atoms with Crippen LogP contribution in [0, 0.1) is 0 Å². The number of amides is 1. The highest BCUT2D eigenvalue weighted by Crippen LogP contribution is 2.23. The van der Waals surface area contributed by atoms with Crippen molar-refractivity contribution in [1.29, 1.82) is 0 Å². The number of aliphatic hydroxyl groups is 5. The smallest absolute Gasteiger partial charge is 0.220 e. The van der Waals surface area contributed by atoms with E-state index in [0.717, 1.165) is 38.5 Å². The van der Waals surface area contributed by atoms with Crippen LogP contribution in [0.1, 0.15) is 206 Å². The summed E-state index contributed by atoms with van der Waals surface area (Å²) >= 11 is 0. The van der Waals surface area contributed by atoms with E-state index in [0.29, 0.717) is 6.42 Å². The number of carbonyl (C=O) groups excluding carboxylic acids is 1. The van der Waals surface area contributed by atoms with Gasteiger partial charge in [-0.2, -0.15) is 0 Å². The maximum Gasteiger partial charge on any atom is 0.220 e. The first-order valence-electron chi connectivity index (χ1n) is 22.4. The average Bonchev–Trinajstić information content (AvgIpc) is 3.16. The molecule has 0 aromatic carbocycles. The van der Waals surface area contributed by atoms with Gasteiger partial charge in [-0.1, -0.05) is 193 Å². The zero-order valence-corrected chi connectivity index (χ0v) is 34.3. The summed E-state index contributed by atoms with van der Waals surface area (Å²) in [7, 11) is 0. The van der Waals surface area contributed by atoms with Gasteiger partial charge in [-0.15, -0.1) is 0 Å². The van der Waals surface area contributed by atoms with Gasteiger partial charge in [-0.05, 0) is 19.3 Å². The Bertz CT molecular complexity index is 842. The van der Waals surface area contributed by atoms with E-state index in [1.165, 1.54) is 148 Å². The van der Waals surface area contributed by atoms with Crippen LogP contribution < -0.4 is 5.32 Å². The molecule has 1 rings (SSSR count). The quantitative estimate of drug-likeness (QED) is 0.0272. The lowest BCUT2D eigenvalue weighted by Gasteiger charge is -2.40. The molecule has 53 heavy (non-hydrogen) atoms. The molecule has 2 unspecified atom stereocenters. The summed E-state index contributed by atoms with van der Waals surface area (Å²) in [4.78, 5) is 12.9. The molecule has 1 saturated heterocycles. The first-order valence-corrected chi connectivity index (χ1v) is 22.4. The Kier molecular flexibility index (Phi) is 33.3. The predicted molar refractivity (Wildman–Crippen MR) is 217 cm³/mol. The lowest BCUT2D eigenvalue weighted by molar-refractivity contribution is -0.302. The summed E-state index contributed by atoms with van der Waals surface area (Å²) in [5.74, 6) is -0.175. The van der Waals surface area contributed by atoms with Crippen molar-refractivity contribution in [2.24, 2.45) is 0 Å². The zero-order chi connectivity index (χ0) is 38.8. The van der Waals surface area contributed by atoms with Crippen LogP contribution in [0.15, 0.2) is 12.2 Å². The summed E-state index contributed by atoms with van der Waals surface area (Å²) in [6.07, 6.45) is 32.5. The maximum absolute atomic E-state index is 12.9. The van der Waals surface area contributed by atoms with Gasteiger partial charge < -0.3 is 40.3 Å². The largest absolute Gasteiger partial charge is 0.394 e. The summed E-state index contributed by atoms with van der Waals surface area (Å²) in [6.45, 7) is 3.78. The van der Waals surface area contributed by atoms with Crippen LogP contribution in [-0.4, -0.2) is 87.5 Å². The number of aliphatic hydroxyl groups excluding tert-OH is 5. The molecular formula is C44H85NO8. The van der Waals surface area contributed by atoms with Crippen molar-refractivity contribution >= 4 is 5.91 Å². The van der Waals surface area contributed by atoms with E-state index < -0.39 is 49.5 Å². The second-order valence-electron chi connectivity index (χ2n) is 15.9. The Hall–Kier alpha value is -1.07. The summed E-state index contributed by atoms with van der Waals surface area (Å²) < 4.78 is 11.2. The fourth-order valence-corrected chi connectivity index (χ4v) is 7.21. The Morgan fingerprint density at radius 3 is 1.47 bits per heavy atom. The molecule has 0 aliphatic carbocycles. The summed E-state index contributed by atoms with van der Waals surface area (Å²) in [5, 5.41) is 54.1. The fraction of sp³-hybridized carbons (Fsp3) is 0.932. The van der Waals surface area contributed by atoms with Crippen molar-refractivity contribution in [1.82, 2.24) is 5.32 Å². The number of allylic oxidation sites excluding steroid dienone is 1. The number of hydrogen-bond acceptors (Lipinski definition) is 8. The lowest BCUT2D eigenvalue weighted by atomic mass is 9.99. The second-order valence-corrected chi connectivity index (χ2v) is 15.9. The molecule has 1 fully saturated rings. The van der Waals surface area contributed by atoms with Gasteiger partial charge in [0.2, 0.25) is 5.91 Å². The standard InChI is InChI=1S/C44H85NO8/c1-3-5-7-9-11-13-15-17-19-20-22-24-26-28-30-32-34-40(48)45-37(36-52-44-43(51)42(50)41(49)39(35-46)53-44)38(47)33-31-29-27-25-23-21-18-16-14-12-10-8-6-4-2/h31,33,37-39,41-44,46-47,49-51H,3-30,32,34-36H2,1-2H3,(H,45,48)/b33-31+/t37-,38+,39-,41-,42?,43?,44-/m0/s1. The zero-order valence-electron chi connectivity index (χ0n) is 34.3. The van der Waals surface area contributed by atoms with Crippen LogP contribution in [0.25, 0.3) is 0 Å². The van der Waals surface area contributed by atoms with E-state index in [2.05, 4.69) is 19.2 Å². The Morgan fingerprint density at radius 2 is 1.04 bits per heavy atom. The Morgan fingerprint density at radius 1 is 0.623 bits per heavy atom. The molecule has 0 radical (unpaired) electrons. The van der Waals surface area contributed by atoms with Crippen molar-refractivity contribution in [2.45, 2.75) is 249 Å². The van der Waals surface area contributed by atoms with Crippen molar-refractivity contribution in [3.05, 3.63) is 12.2 Å². The monoisotopic (exact) mass is 756 g/mol. The Labute approximate surface area is 325 Å². The van der Waals surface area contributed by atoms with Crippen LogP contribution >= 0.6 is 0 Å². The number of ether oxygens (including phenoxy) is 2. The second kappa shape index (κ2) is 35.4. The summed E-state index contributed by atoms with van der Waals surface area (Å²) in [6, 6.07) is -0.797. The molecule has 1 heterocycles. The topological polar surface area (TPSA) is 149 Å². The molecule has 0 saturated carbocycles. The van der Waals surface area contributed by atoms with Gasteiger partial charge in [0.15, 0.2) is 6.29 Å². The molecule has 1 aliphatic heterocycles. The maximum atomic E-state index is 12.9. The van der Waals surface area contributed by atoms with Gasteiger partial charge in [0.05, 0.1) is 25.4 Å². The van der Waals surface area contributed by atoms with E-state index in [1.807, 2.05) is 6.08 Å². The average molecular weight is 756 g/mol. The molecular weight excluding hydrogens is 670 g/mol. The van der Waals surface area contributed by atoms with E-state index in [-0.39, 0.29) is 12.5 Å². The highest BCUT2D eigenvalue weighted by Gasteiger charge is 2.44. The third kappa shape index (κ3) is 26.4. The van der Waals surface area contributed by atoms with E-state index in [9.17, 15) is 30.3 Å². The van der Waals surface area contributed by atoms with Crippen LogP contribution in [-0.2, 0) is 14.3 Å². The van der Waals surface area contributed by atoms with Gasteiger partial charge in [0.1, 0.15) is 24.4 Å². The van der Waals surface area contributed by atoms with Gasteiger partial charge in [-0.25, -0.2) is 0 Å². The normalized spacial score (nSPS) is 21.7. The van der Waals surface area contributed by atoms with Crippen LogP contribution in [0.4, 0.5) is 0 Å². The highest BCUT2D eigenvalue weighted by atomic mass is 16.7. The molecule has 0 bridgehead atoms. The van der Waals surface area contributed by atoms with Crippen molar-refractivity contribution in [2.75, 3.05) is 13.2 Å². The SMILES string of the molecule is CCCCCCCCCCCCCC/C=C/[C@@H](O)[C@H](CO[C@H]1O[C@@H](CO)[C@H](O)C(O)C1O)NC(=O)CCCCCCCCCCCCCCCCCC. The summed E-state index contributed by atoms with van der Waals surface area (Å²) in [5.41, 5.74) is 0. The molecule has 7 atom stereocenters. The third-order valence-corrected chi connectivity index (χ3v) is 10.9. The minimum absolute atomic E-state index is 0.175.